The van der Waals surface area contributed by atoms with Gasteiger partial charge in [0.2, 0.25) is 5.95 Å². The summed E-state index contributed by atoms with van der Waals surface area (Å²) >= 11 is 0. The molecule has 2 aliphatic rings. The molecule has 3 N–H and O–H groups in total. The number of amides is 1. The van der Waals surface area contributed by atoms with Crippen LogP contribution in [0, 0.1) is 0 Å². The van der Waals surface area contributed by atoms with Crippen molar-refractivity contribution in [2.24, 2.45) is 0 Å². The number of likely N-dealkylation sites (tertiary alicyclic amines) is 1. The van der Waals surface area contributed by atoms with Crippen LogP contribution in [0.5, 0.6) is 0 Å². The van der Waals surface area contributed by atoms with Crippen LogP contribution in [0.15, 0.2) is 42.7 Å². The molecule has 5 rings (SSSR count). The topological polar surface area (TPSA) is 95.3 Å². The van der Waals surface area contributed by atoms with Gasteiger partial charge in [-0.25, -0.2) is 9.78 Å². The van der Waals surface area contributed by atoms with Crippen LogP contribution in [0.1, 0.15) is 56.9 Å². The van der Waals surface area contributed by atoms with Crippen LogP contribution in [-0.4, -0.2) is 50.3 Å². The molecule has 2 aromatic heterocycles. The number of fused-ring (bicyclic) bond motifs is 1. The summed E-state index contributed by atoms with van der Waals surface area (Å²) in [7, 11) is 0. The zero-order valence-corrected chi connectivity index (χ0v) is 19.9. The third-order valence-electron chi connectivity index (χ3n) is 6.39. The smallest absolute Gasteiger partial charge is 0.404 e. The fourth-order valence-corrected chi connectivity index (χ4v) is 4.16. The molecule has 8 heteroatoms. The SMILES string of the molecule is C1CCC1.O=C(O)NCCCn1ccc2cnc(Nc3cccc(CN4CCCCC4)c3)nc21. The average molecular weight is 465 g/mol. The Kier molecular flexibility index (Phi) is 8.73. The lowest BCUT2D eigenvalue weighted by Crippen LogP contribution is -2.29. The first-order chi connectivity index (χ1) is 16.7. The van der Waals surface area contributed by atoms with Gasteiger partial charge < -0.3 is 20.3 Å². The van der Waals surface area contributed by atoms with Gasteiger partial charge in [-0.15, -0.1) is 0 Å². The van der Waals surface area contributed by atoms with Gasteiger partial charge in [-0.3, -0.25) is 4.90 Å². The quantitative estimate of drug-likeness (QED) is 0.388. The molecule has 3 heterocycles. The molecule has 1 aromatic carbocycles. The number of hydrogen-bond donors (Lipinski definition) is 3. The van der Waals surface area contributed by atoms with Gasteiger partial charge in [-0.1, -0.05) is 44.2 Å². The van der Waals surface area contributed by atoms with Crippen LogP contribution < -0.4 is 10.6 Å². The molecule has 34 heavy (non-hydrogen) atoms. The molecule has 182 valence electrons. The lowest BCUT2D eigenvalue weighted by Gasteiger charge is -2.26. The summed E-state index contributed by atoms with van der Waals surface area (Å²) in [6.07, 6.45) is 13.4. The van der Waals surface area contributed by atoms with Crippen molar-refractivity contribution < 1.29 is 9.90 Å². The number of carbonyl (C=O) groups is 1. The molecule has 1 amide bonds. The van der Waals surface area contributed by atoms with Crippen LogP contribution in [0.3, 0.4) is 0 Å². The van der Waals surface area contributed by atoms with Crippen molar-refractivity contribution in [3.8, 4) is 0 Å². The molecule has 8 nitrogen and oxygen atoms in total. The minimum Gasteiger partial charge on any atom is -0.465 e. The van der Waals surface area contributed by atoms with E-state index in [4.69, 9.17) is 5.11 Å². The second kappa shape index (κ2) is 12.4. The van der Waals surface area contributed by atoms with E-state index in [0.29, 0.717) is 25.5 Å². The van der Waals surface area contributed by atoms with E-state index < -0.39 is 6.09 Å². The summed E-state index contributed by atoms with van der Waals surface area (Å²) in [6, 6.07) is 10.4. The van der Waals surface area contributed by atoms with Crippen molar-refractivity contribution >= 4 is 28.8 Å². The molecule has 2 fully saturated rings. The second-order valence-electron chi connectivity index (χ2n) is 9.14. The Labute approximate surface area is 201 Å². The van der Waals surface area contributed by atoms with Crippen molar-refractivity contribution in [1.29, 1.82) is 0 Å². The highest BCUT2D eigenvalue weighted by Gasteiger charge is 2.11. The Morgan fingerprint density at radius 3 is 2.53 bits per heavy atom. The van der Waals surface area contributed by atoms with Gasteiger partial charge in [0.05, 0.1) is 0 Å². The summed E-state index contributed by atoms with van der Waals surface area (Å²) in [6.45, 7) is 4.43. The summed E-state index contributed by atoms with van der Waals surface area (Å²) in [5.74, 6) is 0.557. The Hall–Kier alpha value is -3.13. The predicted molar refractivity (Wildman–Crippen MR) is 135 cm³/mol. The van der Waals surface area contributed by atoms with Gasteiger partial charge in [0, 0.05) is 43.1 Å². The van der Waals surface area contributed by atoms with Crippen molar-refractivity contribution in [3.63, 3.8) is 0 Å². The summed E-state index contributed by atoms with van der Waals surface area (Å²) < 4.78 is 2.03. The van der Waals surface area contributed by atoms with E-state index in [9.17, 15) is 4.79 Å². The highest BCUT2D eigenvalue weighted by molar-refractivity contribution is 5.76. The molecule has 1 saturated carbocycles. The number of nitrogens with one attached hydrogen (secondary N) is 2. The van der Waals surface area contributed by atoms with Gasteiger partial charge in [0.15, 0.2) is 0 Å². The first kappa shape index (κ1) is 24.0. The lowest BCUT2D eigenvalue weighted by molar-refractivity contribution is 0.194. The maximum Gasteiger partial charge on any atom is 0.404 e. The van der Waals surface area contributed by atoms with E-state index in [1.54, 1.807) is 0 Å². The molecule has 0 spiro atoms. The zero-order chi connectivity index (χ0) is 23.6. The number of aryl methyl sites for hydroxylation is 1. The van der Waals surface area contributed by atoms with Gasteiger partial charge in [0.1, 0.15) is 5.65 Å². The van der Waals surface area contributed by atoms with Gasteiger partial charge >= 0.3 is 6.09 Å². The molecular weight excluding hydrogens is 428 g/mol. The first-order valence-corrected chi connectivity index (χ1v) is 12.5. The number of carboxylic acid groups (broad SMARTS) is 1. The van der Waals surface area contributed by atoms with Crippen LogP contribution >= 0.6 is 0 Å². The van der Waals surface area contributed by atoms with Crippen LogP contribution in [0.2, 0.25) is 0 Å². The van der Waals surface area contributed by atoms with E-state index in [1.807, 2.05) is 29.1 Å². The summed E-state index contributed by atoms with van der Waals surface area (Å²) in [5, 5.41) is 15.4. The minimum atomic E-state index is -0.997. The van der Waals surface area contributed by atoms with Crippen LogP contribution in [0.25, 0.3) is 11.0 Å². The summed E-state index contributed by atoms with van der Waals surface area (Å²) in [4.78, 5) is 22.2. The van der Waals surface area contributed by atoms with Crippen molar-refractivity contribution in [2.75, 3.05) is 25.0 Å². The first-order valence-electron chi connectivity index (χ1n) is 12.5. The van der Waals surface area contributed by atoms with E-state index in [1.165, 1.54) is 63.6 Å². The van der Waals surface area contributed by atoms with Crippen LogP contribution in [-0.2, 0) is 13.1 Å². The number of nitrogens with zero attached hydrogens (tertiary/aromatic N) is 4. The van der Waals surface area contributed by atoms with E-state index in [0.717, 1.165) is 23.3 Å². The average Bonchev–Trinajstić information content (AvgIpc) is 3.19. The molecule has 0 unspecified atom stereocenters. The number of aromatic nitrogens is 3. The number of hydrogen-bond acceptors (Lipinski definition) is 5. The Morgan fingerprint density at radius 2 is 1.79 bits per heavy atom. The number of anilines is 2. The van der Waals surface area contributed by atoms with Gasteiger partial charge in [-0.05, 0) is 56.1 Å². The minimum absolute atomic E-state index is 0.412. The molecule has 1 aliphatic carbocycles. The molecule has 0 radical (unpaired) electrons. The lowest BCUT2D eigenvalue weighted by atomic mass is 10.0. The normalized spacial score (nSPS) is 15.8. The monoisotopic (exact) mass is 464 g/mol. The van der Waals surface area contributed by atoms with Crippen molar-refractivity contribution in [3.05, 3.63) is 48.3 Å². The second-order valence-corrected chi connectivity index (χ2v) is 9.14. The molecule has 1 saturated heterocycles. The fraction of sp³-hybridized carbons (Fsp3) is 0.500. The third kappa shape index (κ3) is 7.18. The van der Waals surface area contributed by atoms with E-state index in [-0.39, 0.29) is 0 Å². The number of piperidine rings is 1. The highest BCUT2D eigenvalue weighted by Crippen LogP contribution is 2.20. The molecule has 0 atom stereocenters. The number of benzene rings is 1. The predicted octanol–water partition coefficient (Wildman–Crippen LogP) is 5.38. The van der Waals surface area contributed by atoms with Crippen molar-refractivity contribution in [2.45, 2.75) is 64.5 Å². The van der Waals surface area contributed by atoms with Gasteiger partial charge in [0.25, 0.3) is 0 Å². The Morgan fingerprint density at radius 1 is 1.03 bits per heavy atom. The van der Waals surface area contributed by atoms with Gasteiger partial charge in [-0.2, -0.15) is 4.98 Å². The largest absolute Gasteiger partial charge is 0.465 e. The molecule has 1 aliphatic heterocycles. The number of rotatable bonds is 8. The Balaban J connectivity index is 0.000000620. The van der Waals surface area contributed by atoms with E-state index >= 15 is 0 Å². The molecular formula is C26H36N6O2. The molecule has 0 bridgehead atoms. The zero-order valence-electron chi connectivity index (χ0n) is 19.9. The summed E-state index contributed by atoms with van der Waals surface area (Å²) in [5.41, 5.74) is 3.11. The van der Waals surface area contributed by atoms with E-state index in [2.05, 4.69) is 43.7 Å². The fourth-order valence-electron chi connectivity index (χ4n) is 4.16. The maximum absolute atomic E-state index is 10.6. The molecule has 3 aromatic rings. The highest BCUT2D eigenvalue weighted by atomic mass is 16.4. The van der Waals surface area contributed by atoms with Crippen molar-refractivity contribution in [1.82, 2.24) is 24.8 Å². The Bertz CT molecular complexity index is 1050. The van der Waals surface area contributed by atoms with Crippen LogP contribution in [0.4, 0.5) is 16.4 Å². The third-order valence-corrected chi connectivity index (χ3v) is 6.39. The standard InChI is InChI=1S/C22H28N6O2.C4H8/c29-22(30)23-9-5-12-28-13-8-18-15-24-21(26-20(18)28)25-19-7-4-6-17(14-19)16-27-10-2-1-3-11-27;1-2-4-3-1/h4,6-8,13-15,23H,1-3,5,9-12,16H2,(H,29,30)(H,24,25,26);1-4H2. The maximum atomic E-state index is 10.6.